The lowest BCUT2D eigenvalue weighted by atomic mass is 10.0. The number of halogens is 1. The van der Waals surface area contributed by atoms with Gasteiger partial charge in [0, 0.05) is 5.02 Å². The summed E-state index contributed by atoms with van der Waals surface area (Å²) in [5.41, 5.74) is 1.51. The van der Waals surface area contributed by atoms with Crippen molar-refractivity contribution in [3.8, 4) is 11.5 Å². The van der Waals surface area contributed by atoms with E-state index < -0.39 is 6.10 Å². The maximum Gasteiger partial charge on any atom is 0.206 e. The third-order valence-corrected chi connectivity index (χ3v) is 3.33. The van der Waals surface area contributed by atoms with Crippen molar-refractivity contribution in [3.05, 3.63) is 58.6 Å². The van der Waals surface area contributed by atoms with Crippen LogP contribution in [0.25, 0.3) is 0 Å². The van der Waals surface area contributed by atoms with Gasteiger partial charge >= 0.3 is 0 Å². The summed E-state index contributed by atoms with van der Waals surface area (Å²) in [5, 5.41) is 0.570. The molecule has 110 valence electrons. The van der Waals surface area contributed by atoms with Crippen molar-refractivity contribution in [3.63, 3.8) is 0 Å². The molecular formula is C17H17ClO3. The van der Waals surface area contributed by atoms with Crippen molar-refractivity contribution in [2.75, 3.05) is 7.11 Å². The number of benzene rings is 2. The molecule has 0 fully saturated rings. The van der Waals surface area contributed by atoms with Gasteiger partial charge in [0.2, 0.25) is 5.78 Å². The number of methoxy groups -OCH3 is 1. The SMILES string of the molecule is COc1ccc(C)cc1C(=O)C(C)Oc1cccc(Cl)c1. The van der Waals surface area contributed by atoms with E-state index in [-0.39, 0.29) is 5.78 Å². The molecule has 0 heterocycles. The fraction of sp³-hybridized carbons (Fsp3) is 0.235. The van der Waals surface area contributed by atoms with Gasteiger partial charge in [-0.25, -0.2) is 0 Å². The molecule has 1 atom stereocenters. The highest BCUT2D eigenvalue weighted by Gasteiger charge is 2.21. The van der Waals surface area contributed by atoms with Crippen LogP contribution in [0.2, 0.25) is 5.02 Å². The van der Waals surface area contributed by atoms with Crippen molar-refractivity contribution in [2.45, 2.75) is 20.0 Å². The number of carbonyl (C=O) groups excluding carboxylic acids is 1. The van der Waals surface area contributed by atoms with Gasteiger partial charge in [0.15, 0.2) is 6.10 Å². The van der Waals surface area contributed by atoms with Crippen molar-refractivity contribution in [1.82, 2.24) is 0 Å². The topological polar surface area (TPSA) is 35.5 Å². The molecule has 0 saturated carbocycles. The number of hydrogen-bond acceptors (Lipinski definition) is 3. The lowest BCUT2D eigenvalue weighted by molar-refractivity contribution is 0.0815. The first kappa shape index (κ1) is 15.4. The summed E-state index contributed by atoms with van der Waals surface area (Å²) in [4.78, 5) is 12.5. The van der Waals surface area contributed by atoms with Crippen LogP contribution in [0.3, 0.4) is 0 Å². The quantitative estimate of drug-likeness (QED) is 0.772. The Morgan fingerprint density at radius 2 is 1.95 bits per heavy atom. The molecule has 0 aromatic heterocycles. The highest BCUT2D eigenvalue weighted by atomic mass is 35.5. The predicted molar refractivity (Wildman–Crippen MR) is 83.6 cm³/mol. The first-order valence-corrected chi connectivity index (χ1v) is 7.00. The van der Waals surface area contributed by atoms with Gasteiger partial charge in [-0.2, -0.15) is 0 Å². The summed E-state index contributed by atoms with van der Waals surface area (Å²) in [7, 11) is 1.55. The first-order chi connectivity index (χ1) is 10.0. The lowest BCUT2D eigenvalue weighted by Crippen LogP contribution is -2.24. The summed E-state index contributed by atoms with van der Waals surface area (Å²) >= 11 is 5.91. The molecule has 0 amide bonds. The van der Waals surface area contributed by atoms with Crippen molar-refractivity contribution >= 4 is 17.4 Å². The van der Waals surface area contributed by atoms with Crippen LogP contribution in [0.5, 0.6) is 11.5 Å². The van der Waals surface area contributed by atoms with Crippen molar-refractivity contribution < 1.29 is 14.3 Å². The van der Waals surface area contributed by atoms with E-state index in [0.29, 0.717) is 22.1 Å². The normalized spacial score (nSPS) is 11.8. The molecule has 0 aliphatic rings. The van der Waals surface area contributed by atoms with E-state index in [1.54, 1.807) is 50.4 Å². The average Bonchev–Trinajstić information content (AvgIpc) is 2.46. The highest BCUT2D eigenvalue weighted by molar-refractivity contribution is 6.30. The van der Waals surface area contributed by atoms with Gasteiger partial charge in [0.1, 0.15) is 11.5 Å². The van der Waals surface area contributed by atoms with Crippen LogP contribution in [-0.2, 0) is 0 Å². The van der Waals surface area contributed by atoms with Crippen molar-refractivity contribution in [2.24, 2.45) is 0 Å². The second-order valence-electron chi connectivity index (χ2n) is 4.79. The fourth-order valence-electron chi connectivity index (χ4n) is 2.03. The smallest absolute Gasteiger partial charge is 0.206 e. The van der Waals surface area contributed by atoms with Crippen LogP contribution in [0, 0.1) is 6.92 Å². The van der Waals surface area contributed by atoms with Crippen LogP contribution in [0.15, 0.2) is 42.5 Å². The minimum atomic E-state index is -0.626. The molecule has 0 aliphatic carbocycles. The highest BCUT2D eigenvalue weighted by Crippen LogP contribution is 2.24. The summed E-state index contributed by atoms with van der Waals surface area (Å²) in [6, 6.07) is 12.5. The zero-order chi connectivity index (χ0) is 15.4. The van der Waals surface area contributed by atoms with E-state index in [1.165, 1.54) is 0 Å². The Morgan fingerprint density at radius 1 is 1.19 bits per heavy atom. The van der Waals surface area contributed by atoms with Crippen LogP contribution in [0.1, 0.15) is 22.8 Å². The van der Waals surface area contributed by atoms with E-state index in [1.807, 2.05) is 13.0 Å². The van der Waals surface area contributed by atoms with Gasteiger partial charge in [-0.15, -0.1) is 0 Å². The first-order valence-electron chi connectivity index (χ1n) is 6.62. The zero-order valence-electron chi connectivity index (χ0n) is 12.2. The fourth-order valence-corrected chi connectivity index (χ4v) is 2.21. The Labute approximate surface area is 129 Å². The third kappa shape index (κ3) is 3.76. The molecule has 0 aliphatic heterocycles. The van der Waals surface area contributed by atoms with Gasteiger partial charge in [0.05, 0.1) is 12.7 Å². The maximum absolute atomic E-state index is 12.5. The molecule has 0 saturated heterocycles. The molecule has 3 nitrogen and oxygen atoms in total. The van der Waals surface area contributed by atoms with Gasteiger partial charge in [-0.05, 0) is 44.2 Å². The molecule has 4 heteroatoms. The van der Waals surface area contributed by atoms with Crippen LogP contribution in [-0.4, -0.2) is 19.0 Å². The predicted octanol–water partition coefficient (Wildman–Crippen LogP) is 4.31. The van der Waals surface area contributed by atoms with Gasteiger partial charge in [0.25, 0.3) is 0 Å². The molecule has 2 rings (SSSR count). The zero-order valence-corrected chi connectivity index (χ0v) is 13.0. The minimum Gasteiger partial charge on any atom is -0.496 e. The Balaban J connectivity index is 2.21. The average molecular weight is 305 g/mol. The van der Waals surface area contributed by atoms with E-state index in [2.05, 4.69) is 0 Å². The molecular weight excluding hydrogens is 288 g/mol. The molecule has 1 unspecified atom stereocenters. The largest absolute Gasteiger partial charge is 0.496 e. The number of ketones is 1. The Hall–Kier alpha value is -2.00. The second-order valence-corrected chi connectivity index (χ2v) is 5.22. The standard InChI is InChI=1S/C17H17ClO3/c1-11-7-8-16(20-3)15(9-11)17(19)12(2)21-14-6-4-5-13(18)10-14/h4-10,12H,1-3H3. The van der Waals surface area contributed by atoms with Gasteiger partial charge < -0.3 is 9.47 Å². The van der Waals surface area contributed by atoms with Gasteiger partial charge in [-0.3, -0.25) is 4.79 Å². The van der Waals surface area contributed by atoms with E-state index in [9.17, 15) is 4.79 Å². The summed E-state index contributed by atoms with van der Waals surface area (Å²) < 4.78 is 10.9. The van der Waals surface area contributed by atoms with E-state index in [4.69, 9.17) is 21.1 Å². The summed E-state index contributed by atoms with van der Waals surface area (Å²) in [6.45, 7) is 3.64. The Morgan fingerprint density at radius 3 is 2.62 bits per heavy atom. The molecule has 2 aromatic rings. The molecule has 21 heavy (non-hydrogen) atoms. The Kier molecular flexibility index (Phi) is 4.86. The van der Waals surface area contributed by atoms with Crippen LogP contribution >= 0.6 is 11.6 Å². The van der Waals surface area contributed by atoms with E-state index in [0.717, 1.165) is 5.56 Å². The van der Waals surface area contributed by atoms with E-state index >= 15 is 0 Å². The summed E-state index contributed by atoms with van der Waals surface area (Å²) in [6.07, 6.45) is -0.626. The molecule has 0 radical (unpaired) electrons. The monoisotopic (exact) mass is 304 g/mol. The van der Waals surface area contributed by atoms with Crippen molar-refractivity contribution in [1.29, 1.82) is 0 Å². The molecule has 0 bridgehead atoms. The number of ether oxygens (including phenoxy) is 2. The third-order valence-electron chi connectivity index (χ3n) is 3.10. The lowest BCUT2D eigenvalue weighted by Gasteiger charge is -2.16. The second kappa shape index (κ2) is 6.64. The van der Waals surface area contributed by atoms with Crippen LogP contribution in [0.4, 0.5) is 0 Å². The van der Waals surface area contributed by atoms with Crippen LogP contribution < -0.4 is 9.47 Å². The number of Topliss-reactive ketones (excluding diaryl/α,β-unsaturated/α-hetero) is 1. The number of aryl methyl sites for hydroxylation is 1. The Bertz CT molecular complexity index is 652. The molecule has 2 aromatic carbocycles. The molecule has 0 N–H and O–H groups in total. The minimum absolute atomic E-state index is 0.129. The number of hydrogen-bond donors (Lipinski definition) is 0. The number of carbonyl (C=O) groups is 1. The number of rotatable bonds is 5. The van der Waals surface area contributed by atoms with Gasteiger partial charge in [-0.1, -0.05) is 29.3 Å². The summed E-state index contributed by atoms with van der Waals surface area (Å²) in [5.74, 6) is 0.984. The maximum atomic E-state index is 12.5. The molecule has 0 spiro atoms.